The molecule has 1 aliphatic rings. The molecule has 3 aromatic rings. The summed E-state index contributed by atoms with van der Waals surface area (Å²) in [5.41, 5.74) is 2.97. The zero-order valence-electron chi connectivity index (χ0n) is 12.7. The zero-order valence-corrected chi connectivity index (χ0v) is 12.7. The van der Waals surface area contributed by atoms with E-state index in [1.165, 1.54) is 6.33 Å². The summed E-state index contributed by atoms with van der Waals surface area (Å²) in [6.07, 6.45) is 3.91. The Balaban J connectivity index is 1.84. The van der Waals surface area contributed by atoms with Crippen molar-refractivity contribution in [3.05, 3.63) is 53.7 Å². The molecule has 24 heavy (non-hydrogen) atoms. The highest BCUT2D eigenvalue weighted by Gasteiger charge is 2.31. The minimum Gasteiger partial charge on any atom is -0.465 e. The highest BCUT2D eigenvalue weighted by molar-refractivity contribution is 5.77. The number of carbonyl (C=O) groups is 1. The Morgan fingerprint density at radius 3 is 2.96 bits per heavy atom. The van der Waals surface area contributed by atoms with Crippen LogP contribution in [0.4, 0.5) is 9.18 Å². The molecule has 1 saturated carbocycles. The highest BCUT2D eigenvalue weighted by atomic mass is 19.1. The number of halogens is 1. The van der Waals surface area contributed by atoms with E-state index < -0.39 is 6.09 Å². The monoisotopic (exact) mass is 326 g/mol. The summed E-state index contributed by atoms with van der Waals surface area (Å²) >= 11 is 0. The number of nitrogens with zero attached hydrogens (tertiary/aromatic N) is 3. The maximum Gasteiger partial charge on any atom is 0.404 e. The predicted octanol–water partition coefficient (Wildman–Crippen LogP) is 3.18. The Bertz CT molecular complexity index is 933. The van der Waals surface area contributed by atoms with Crippen LogP contribution in [0.25, 0.3) is 16.8 Å². The van der Waals surface area contributed by atoms with Crippen molar-refractivity contribution in [1.82, 2.24) is 19.9 Å². The number of fused-ring (bicyclic) bond motifs is 1. The van der Waals surface area contributed by atoms with Crippen molar-refractivity contribution in [2.75, 3.05) is 0 Å². The first-order valence-electron chi connectivity index (χ1n) is 7.72. The second-order valence-electron chi connectivity index (χ2n) is 5.88. The van der Waals surface area contributed by atoms with Gasteiger partial charge in [0.25, 0.3) is 0 Å². The highest BCUT2D eigenvalue weighted by Crippen LogP contribution is 2.45. The van der Waals surface area contributed by atoms with Gasteiger partial charge in [-0.3, -0.25) is 0 Å². The van der Waals surface area contributed by atoms with Gasteiger partial charge in [0.05, 0.1) is 5.52 Å². The number of hydrogen-bond acceptors (Lipinski definition) is 3. The second-order valence-corrected chi connectivity index (χ2v) is 5.88. The van der Waals surface area contributed by atoms with Crippen LogP contribution in [0.2, 0.25) is 0 Å². The zero-order chi connectivity index (χ0) is 16.7. The molecule has 2 aromatic heterocycles. The molecule has 0 unspecified atom stereocenters. The van der Waals surface area contributed by atoms with Crippen LogP contribution in [-0.4, -0.2) is 25.8 Å². The van der Waals surface area contributed by atoms with Gasteiger partial charge in [0, 0.05) is 18.3 Å². The molecule has 0 bridgehead atoms. The van der Waals surface area contributed by atoms with Gasteiger partial charge in [0.1, 0.15) is 17.8 Å². The molecule has 0 radical (unpaired) electrons. The summed E-state index contributed by atoms with van der Waals surface area (Å²) in [6.45, 7) is 0.0999. The van der Waals surface area contributed by atoms with Crippen molar-refractivity contribution in [3.63, 3.8) is 0 Å². The van der Waals surface area contributed by atoms with Crippen LogP contribution in [0.5, 0.6) is 0 Å². The standard InChI is InChI=1S/C17H15FN4O2/c18-15-12(16-13-2-1-7-22(13)21-9-20-16)6-5-11(8-19-17(23)24)14(15)10-3-4-10/h1-2,5-7,9-10,19H,3-4,8H2,(H,23,24). The number of hydrogen-bond donors (Lipinski definition) is 2. The molecular weight excluding hydrogens is 311 g/mol. The lowest BCUT2D eigenvalue weighted by atomic mass is 9.97. The lowest BCUT2D eigenvalue weighted by Crippen LogP contribution is -2.21. The third-order valence-corrected chi connectivity index (χ3v) is 4.27. The molecular formula is C17H15FN4O2. The third-order valence-electron chi connectivity index (χ3n) is 4.27. The van der Waals surface area contributed by atoms with Gasteiger partial charge in [-0.2, -0.15) is 5.10 Å². The largest absolute Gasteiger partial charge is 0.465 e. The first-order valence-corrected chi connectivity index (χ1v) is 7.72. The van der Waals surface area contributed by atoms with Crippen LogP contribution in [0.1, 0.15) is 29.9 Å². The molecule has 1 fully saturated rings. The maximum atomic E-state index is 15.2. The summed E-state index contributed by atoms with van der Waals surface area (Å²) in [4.78, 5) is 15.0. The molecule has 2 heterocycles. The van der Waals surface area contributed by atoms with Crippen LogP contribution in [0.3, 0.4) is 0 Å². The van der Waals surface area contributed by atoms with Gasteiger partial charge >= 0.3 is 6.09 Å². The molecule has 1 aromatic carbocycles. The fraction of sp³-hybridized carbons (Fsp3) is 0.235. The van der Waals surface area contributed by atoms with E-state index in [0.29, 0.717) is 22.4 Å². The number of rotatable bonds is 4. The summed E-state index contributed by atoms with van der Waals surface area (Å²) in [7, 11) is 0. The number of nitrogens with one attached hydrogen (secondary N) is 1. The first kappa shape index (κ1) is 14.6. The summed E-state index contributed by atoms with van der Waals surface area (Å²) in [5.74, 6) is -0.163. The van der Waals surface area contributed by atoms with E-state index in [2.05, 4.69) is 15.4 Å². The number of carboxylic acid groups (broad SMARTS) is 1. The van der Waals surface area contributed by atoms with Crippen LogP contribution < -0.4 is 5.32 Å². The van der Waals surface area contributed by atoms with Gasteiger partial charge in [0.15, 0.2) is 0 Å². The lowest BCUT2D eigenvalue weighted by Gasteiger charge is -2.14. The minimum absolute atomic E-state index is 0.0999. The molecule has 7 heteroatoms. The number of benzene rings is 1. The average Bonchev–Trinajstić information content (AvgIpc) is 3.28. The van der Waals surface area contributed by atoms with E-state index in [1.54, 1.807) is 22.8 Å². The van der Waals surface area contributed by atoms with Crippen molar-refractivity contribution in [1.29, 1.82) is 0 Å². The Kier molecular flexibility index (Phi) is 3.41. The van der Waals surface area contributed by atoms with Crippen LogP contribution >= 0.6 is 0 Å². The molecule has 122 valence electrons. The van der Waals surface area contributed by atoms with Crippen LogP contribution in [-0.2, 0) is 6.54 Å². The van der Waals surface area contributed by atoms with Gasteiger partial charge in [0.2, 0.25) is 0 Å². The lowest BCUT2D eigenvalue weighted by molar-refractivity contribution is 0.194. The average molecular weight is 326 g/mol. The van der Waals surface area contributed by atoms with E-state index >= 15 is 4.39 Å². The Labute approximate surface area is 137 Å². The number of aromatic nitrogens is 3. The van der Waals surface area contributed by atoms with Gasteiger partial charge in [-0.05, 0) is 48.1 Å². The summed E-state index contributed by atoms with van der Waals surface area (Å²) < 4.78 is 16.9. The predicted molar refractivity (Wildman–Crippen MR) is 85.2 cm³/mol. The molecule has 1 aliphatic carbocycles. The SMILES string of the molecule is O=C(O)NCc1ccc(-c2ncnn3cccc23)c(F)c1C1CC1. The van der Waals surface area contributed by atoms with E-state index in [9.17, 15) is 4.79 Å². The van der Waals surface area contributed by atoms with Crippen LogP contribution in [0.15, 0.2) is 36.8 Å². The summed E-state index contributed by atoms with van der Waals surface area (Å²) in [5, 5.41) is 15.2. The second kappa shape index (κ2) is 5.59. The van der Waals surface area contributed by atoms with Crippen molar-refractivity contribution >= 4 is 11.6 Å². The Hall–Kier alpha value is -2.96. The molecule has 1 amide bonds. The number of amides is 1. The van der Waals surface area contributed by atoms with E-state index in [1.807, 2.05) is 12.1 Å². The van der Waals surface area contributed by atoms with E-state index in [0.717, 1.165) is 18.4 Å². The molecule has 0 atom stereocenters. The third kappa shape index (κ3) is 2.47. The maximum absolute atomic E-state index is 15.2. The quantitative estimate of drug-likeness (QED) is 0.772. The molecule has 0 aliphatic heterocycles. The Morgan fingerprint density at radius 2 is 2.21 bits per heavy atom. The minimum atomic E-state index is -1.12. The van der Waals surface area contributed by atoms with Crippen molar-refractivity contribution < 1.29 is 14.3 Å². The van der Waals surface area contributed by atoms with Crippen molar-refractivity contribution in [2.24, 2.45) is 0 Å². The normalized spacial score (nSPS) is 14.0. The Morgan fingerprint density at radius 1 is 1.38 bits per heavy atom. The fourth-order valence-electron chi connectivity index (χ4n) is 3.03. The molecule has 2 N–H and O–H groups in total. The van der Waals surface area contributed by atoms with Crippen LogP contribution in [0, 0.1) is 5.82 Å². The van der Waals surface area contributed by atoms with Crippen molar-refractivity contribution in [2.45, 2.75) is 25.3 Å². The topological polar surface area (TPSA) is 79.5 Å². The van der Waals surface area contributed by atoms with Gasteiger partial charge in [-0.15, -0.1) is 0 Å². The van der Waals surface area contributed by atoms with Gasteiger partial charge in [-0.1, -0.05) is 6.07 Å². The summed E-state index contributed by atoms with van der Waals surface area (Å²) in [6, 6.07) is 7.11. The van der Waals surface area contributed by atoms with Crippen molar-refractivity contribution in [3.8, 4) is 11.3 Å². The van der Waals surface area contributed by atoms with Gasteiger partial charge < -0.3 is 10.4 Å². The molecule has 0 saturated heterocycles. The van der Waals surface area contributed by atoms with E-state index in [4.69, 9.17) is 5.11 Å². The molecule has 0 spiro atoms. The first-order chi connectivity index (χ1) is 11.6. The fourth-order valence-corrected chi connectivity index (χ4v) is 3.03. The smallest absolute Gasteiger partial charge is 0.404 e. The van der Waals surface area contributed by atoms with Gasteiger partial charge in [-0.25, -0.2) is 18.7 Å². The van der Waals surface area contributed by atoms with E-state index in [-0.39, 0.29) is 18.3 Å². The molecule has 4 rings (SSSR count). The molecule has 6 nitrogen and oxygen atoms in total.